The molecular formula is C24H29N3O5S. The number of sulfonamides is 1. The Bertz CT molecular complexity index is 1070. The summed E-state index contributed by atoms with van der Waals surface area (Å²) in [5.41, 5.74) is 1.57. The van der Waals surface area contributed by atoms with Crippen molar-refractivity contribution in [1.82, 2.24) is 14.5 Å². The minimum Gasteiger partial charge on any atom is -0.465 e. The maximum atomic E-state index is 13.2. The van der Waals surface area contributed by atoms with Crippen LogP contribution >= 0.6 is 0 Å². The minimum atomic E-state index is -3.74. The second-order valence-electron chi connectivity index (χ2n) is 8.04. The first kappa shape index (κ1) is 24.5. The summed E-state index contributed by atoms with van der Waals surface area (Å²) in [5, 5.41) is 12.4. The number of hydrogen-bond donors (Lipinski definition) is 2. The Kier molecular flexibility index (Phi) is 8.24. The lowest BCUT2D eigenvalue weighted by molar-refractivity contribution is -0.117. The fourth-order valence-corrected chi connectivity index (χ4v) is 5.36. The first-order chi connectivity index (χ1) is 15.8. The molecule has 2 amide bonds. The summed E-state index contributed by atoms with van der Waals surface area (Å²) in [4.78, 5) is 24.8. The molecule has 0 aliphatic carbocycles. The Morgan fingerprint density at radius 3 is 2.30 bits per heavy atom. The van der Waals surface area contributed by atoms with Gasteiger partial charge in [-0.15, -0.1) is 0 Å². The van der Waals surface area contributed by atoms with Crippen molar-refractivity contribution in [1.29, 1.82) is 0 Å². The Balaban J connectivity index is 1.71. The number of nitrogens with one attached hydrogen (secondary N) is 1. The van der Waals surface area contributed by atoms with Crippen molar-refractivity contribution in [2.75, 3.05) is 13.1 Å². The zero-order valence-electron chi connectivity index (χ0n) is 18.4. The third-order valence-electron chi connectivity index (χ3n) is 5.59. The van der Waals surface area contributed by atoms with Gasteiger partial charge in [-0.3, -0.25) is 9.69 Å². The van der Waals surface area contributed by atoms with Crippen LogP contribution < -0.4 is 5.32 Å². The summed E-state index contributed by atoms with van der Waals surface area (Å²) in [7, 11) is -3.74. The molecule has 0 aromatic heterocycles. The summed E-state index contributed by atoms with van der Waals surface area (Å²) in [5.74, 6) is -0.318. The Labute approximate surface area is 194 Å². The lowest BCUT2D eigenvalue weighted by atomic mass is 10.1. The highest BCUT2D eigenvalue weighted by Crippen LogP contribution is 2.22. The summed E-state index contributed by atoms with van der Waals surface area (Å²) in [6.45, 7) is 4.41. The molecule has 0 saturated carbocycles. The molecule has 1 unspecified atom stereocenters. The fourth-order valence-electron chi connectivity index (χ4n) is 3.83. The predicted octanol–water partition coefficient (Wildman–Crippen LogP) is 3.21. The van der Waals surface area contributed by atoms with Crippen molar-refractivity contribution in [3.8, 4) is 0 Å². The molecule has 1 fully saturated rings. The summed E-state index contributed by atoms with van der Waals surface area (Å²) in [6.07, 6.45) is 2.37. The molecule has 1 heterocycles. The van der Waals surface area contributed by atoms with Crippen LogP contribution in [0, 0.1) is 0 Å². The number of hydrogen-bond acceptors (Lipinski definition) is 4. The van der Waals surface area contributed by atoms with E-state index in [4.69, 9.17) is 0 Å². The highest BCUT2D eigenvalue weighted by molar-refractivity contribution is 7.89. The van der Waals surface area contributed by atoms with Gasteiger partial charge < -0.3 is 10.4 Å². The van der Waals surface area contributed by atoms with Gasteiger partial charge >= 0.3 is 6.09 Å². The first-order valence-electron chi connectivity index (χ1n) is 10.8. The fraction of sp³-hybridized carbons (Fsp3) is 0.333. The van der Waals surface area contributed by atoms with Gasteiger partial charge in [-0.25, -0.2) is 13.2 Å². The van der Waals surface area contributed by atoms with Crippen molar-refractivity contribution in [2.45, 2.75) is 43.3 Å². The molecule has 1 atom stereocenters. The van der Waals surface area contributed by atoms with E-state index in [1.165, 1.54) is 27.4 Å². The standard InChI is InChI=1S/C24H29N3O5S/c1-2-23(28)25-21-10-6-7-15-27(18-21)33(31,32)22-13-11-20(12-14-22)17-26(24(29)30)16-19-8-4-3-5-9-19/h2-5,8-9,11-14,21H,1,6-7,10,15-18H2,(H,25,28)(H,29,30). The molecule has 1 aliphatic rings. The number of carbonyl (C=O) groups excluding carboxylic acids is 1. The van der Waals surface area contributed by atoms with Gasteiger partial charge in [0.05, 0.1) is 4.90 Å². The van der Waals surface area contributed by atoms with E-state index < -0.39 is 16.1 Å². The van der Waals surface area contributed by atoms with E-state index in [1.54, 1.807) is 12.1 Å². The lowest BCUT2D eigenvalue weighted by Gasteiger charge is -2.24. The second-order valence-corrected chi connectivity index (χ2v) is 9.97. The van der Waals surface area contributed by atoms with Crippen molar-refractivity contribution in [2.24, 2.45) is 0 Å². The normalized spacial score (nSPS) is 17.0. The van der Waals surface area contributed by atoms with Crippen LogP contribution in [0.5, 0.6) is 0 Å². The number of carbonyl (C=O) groups is 2. The number of rotatable bonds is 8. The van der Waals surface area contributed by atoms with Gasteiger partial charge in [0.25, 0.3) is 0 Å². The van der Waals surface area contributed by atoms with E-state index in [2.05, 4.69) is 11.9 Å². The summed E-state index contributed by atoms with van der Waals surface area (Å²) in [6, 6.07) is 15.3. The molecule has 0 radical (unpaired) electrons. The van der Waals surface area contributed by atoms with Gasteiger partial charge in [-0.1, -0.05) is 55.5 Å². The zero-order chi connectivity index (χ0) is 23.8. The third-order valence-corrected chi connectivity index (χ3v) is 7.47. The smallest absolute Gasteiger partial charge is 0.407 e. The second kappa shape index (κ2) is 11.1. The van der Waals surface area contributed by atoms with E-state index >= 15 is 0 Å². The molecule has 2 N–H and O–H groups in total. The SMILES string of the molecule is C=CC(=O)NC1CCCCN(S(=O)(=O)c2ccc(CN(Cc3ccccc3)C(=O)O)cc2)C1. The van der Waals surface area contributed by atoms with E-state index in [1.807, 2.05) is 30.3 Å². The largest absolute Gasteiger partial charge is 0.465 e. The van der Waals surface area contributed by atoms with Gasteiger partial charge in [0.15, 0.2) is 0 Å². The van der Waals surface area contributed by atoms with Crippen molar-refractivity contribution >= 4 is 22.0 Å². The highest BCUT2D eigenvalue weighted by Gasteiger charge is 2.29. The monoisotopic (exact) mass is 471 g/mol. The van der Waals surface area contributed by atoms with Crippen LogP contribution in [0.1, 0.15) is 30.4 Å². The number of nitrogens with zero attached hydrogens (tertiary/aromatic N) is 2. The first-order valence-corrected chi connectivity index (χ1v) is 12.3. The molecule has 3 rings (SSSR count). The third kappa shape index (κ3) is 6.66. The average molecular weight is 472 g/mol. The van der Waals surface area contributed by atoms with Crippen molar-refractivity contribution in [3.63, 3.8) is 0 Å². The molecule has 8 nitrogen and oxygen atoms in total. The molecule has 0 spiro atoms. The average Bonchev–Trinajstić information content (AvgIpc) is 3.05. The quantitative estimate of drug-likeness (QED) is 0.575. The topological polar surface area (TPSA) is 107 Å². The molecule has 0 bridgehead atoms. The van der Waals surface area contributed by atoms with Gasteiger partial charge in [-0.05, 0) is 42.2 Å². The minimum absolute atomic E-state index is 0.143. The van der Waals surface area contributed by atoms with E-state index in [9.17, 15) is 23.1 Å². The number of benzene rings is 2. The molecule has 176 valence electrons. The Morgan fingerprint density at radius 2 is 1.70 bits per heavy atom. The predicted molar refractivity (Wildman–Crippen MR) is 125 cm³/mol. The Hall–Kier alpha value is -3.17. The molecule has 9 heteroatoms. The summed E-state index contributed by atoms with van der Waals surface area (Å²) >= 11 is 0. The molecule has 1 saturated heterocycles. The lowest BCUT2D eigenvalue weighted by Crippen LogP contribution is -2.44. The van der Waals surface area contributed by atoms with Crippen LogP contribution in [0.25, 0.3) is 0 Å². The van der Waals surface area contributed by atoms with Crippen LogP contribution in [-0.4, -0.2) is 53.9 Å². The maximum absolute atomic E-state index is 13.2. The van der Waals surface area contributed by atoms with Crippen LogP contribution in [0.2, 0.25) is 0 Å². The van der Waals surface area contributed by atoms with Gasteiger partial charge in [0.2, 0.25) is 15.9 Å². The molecule has 33 heavy (non-hydrogen) atoms. The van der Waals surface area contributed by atoms with Gasteiger partial charge in [0.1, 0.15) is 0 Å². The van der Waals surface area contributed by atoms with E-state index in [0.717, 1.165) is 12.0 Å². The summed E-state index contributed by atoms with van der Waals surface area (Å²) < 4.78 is 27.8. The van der Waals surface area contributed by atoms with Crippen LogP contribution in [0.15, 0.2) is 72.1 Å². The molecule has 2 aromatic carbocycles. The maximum Gasteiger partial charge on any atom is 0.407 e. The van der Waals surface area contributed by atoms with Crippen LogP contribution in [0.3, 0.4) is 0 Å². The zero-order valence-corrected chi connectivity index (χ0v) is 19.2. The van der Waals surface area contributed by atoms with Crippen molar-refractivity contribution in [3.05, 3.63) is 78.4 Å². The van der Waals surface area contributed by atoms with E-state index in [0.29, 0.717) is 24.9 Å². The molecule has 1 aliphatic heterocycles. The molecule has 2 aromatic rings. The van der Waals surface area contributed by atoms with E-state index in [-0.39, 0.29) is 36.5 Å². The molecular weight excluding hydrogens is 442 g/mol. The van der Waals surface area contributed by atoms with Gasteiger partial charge in [-0.2, -0.15) is 4.31 Å². The highest BCUT2D eigenvalue weighted by atomic mass is 32.2. The van der Waals surface area contributed by atoms with Crippen LogP contribution in [-0.2, 0) is 27.9 Å². The van der Waals surface area contributed by atoms with Crippen LogP contribution in [0.4, 0.5) is 4.79 Å². The van der Waals surface area contributed by atoms with Gasteiger partial charge in [0, 0.05) is 32.2 Å². The number of amides is 2. The Morgan fingerprint density at radius 1 is 1.06 bits per heavy atom. The van der Waals surface area contributed by atoms with Crippen molar-refractivity contribution < 1.29 is 23.1 Å². The number of carboxylic acid groups (broad SMARTS) is 1.